The molecule has 2 rings (SSSR count). The molecule has 5 heteroatoms. The summed E-state index contributed by atoms with van der Waals surface area (Å²) < 4.78 is 5.27. The topological polar surface area (TPSA) is 70.6 Å². The molecule has 0 heterocycles. The number of rotatable bonds is 4. The van der Waals surface area contributed by atoms with Crippen LogP contribution in [0.4, 0.5) is 10.5 Å². The Labute approximate surface area is 138 Å². The molecule has 0 radical (unpaired) electrons. The van der Waals surface area contributed by atoms with Gasteiger partial charge in [0.1, 0.15) is 5.60 Å². The van der Waals surface area contributed by atoms with E-state index in [1.807, 2.05) is 39.0 Å². The second-order valence-electron chi connectivity index (χ2n) is 7.83. The molecule has 0 aromatic heterocycles. The molecule has 1 aromatic rings. The minimum atomic E-state index is -0.721. The van der Waals surface area contributed by atoms with Crippen LogP contribution in [0, 0.1) is 0 Å². The van der Waals surface area contributed by atoms with Crippen LogP contribution in [-0.4, -0.2) is 28.9 Å². The van der Waals surface area contributed by atoms with Crippen molar-refractivity contribution < 1.29 is 14.6 Å². The highest BCUT2D eigenvalue weighted by atomic mass is 16.6. The van der Waals surface area contributed by atoms with Crippen molar-refractivity contribution in [3.63, 3.8) is 0 Å². The van der Waals surface area contributed by atoms with E-state index in [2.05, 4.69) is 10.6 Å². The normalized spacial score (nSPS) is 17.7. The van der Waals surface area contributed by atoms with E-state index < -0.39 is 17.3 Å². The number of aliphatic hydroxyl groups is 1. The molecule has 0 spiro atoms. The molecular weight excluding hydrogens is 292 g/mol. The van der Waals surface area contributed by atoms with Gasteiger partial charge in [-0.2, -0.15) is 0 Å². The third-order valence-corrected chi connectivity index (χ3v) is 3.65. The van der Waals surface area contributed by atoms with E-state index in [9.17, 15) is 9.90 Å². The average Bonchev–Trinajstić information content (AvgIpc) is 2.75. The number of benzene rings is 1. The van der Waals surface area contributed by atoms with Crippen molar-refractivity contribution >= 4 is 11.8 Å². The number of hydrogen-bond acceptors (Lipinski definition) is 4. The Kier molecular flexibility index (Phi) is 5.01. The maximum atomic E-state index is 11.8. The van der Waals surface area contributed by atoms with Gasteiger partial charge in [0.2, 0.25) is 0 Å². The lowest BCUT2D eigenvalue weighted by molar-refractivity contribution is 0.0635. The van der Waals surface area contributed by atoms with Crippen LogP contribution in [0.1, 0.15) is 58.2 Å². The van der Waals surface area contributed by atoms with E-state index >= 15 is 0 Å². The zero-order chi connectivity index (χ0) is 17.3. The summed E-state index contributed by atoms with van der Waals surface area (Å²) in [5, 5.41) is 16.0. The molecule has 1 unspecified atom stereocenters. The number of nitrogens with one attached hydrogen (secondary N) is 2. The van der Waals surface area contributed by atoms with E-state index in [4.69, 9.17) is 4.74 Å². The highest BCUT2D eigenvalue weighted by molar-refractivity contribution is 5.85. The van der Waals surface area contributed by atoms with Crippen LogP contribution in [0.25, 0.3) is 0 Å². The first kappa shape index (κ1) is 17.8. The molecular formula is C18H28N2O3. The minimum Gasteiger partial charge on any atom is -0.444 e. The van der Waals surface area contributed by atoms with Crippen molar-refractivity contribution in [2.45, 2.75) is 64.7 Å². The van der Waals surface area contributed by atoms with Crippen molar-refractivity contribution in [2.24, 2.45) is 0 Å². The Morgan fingerprint density at radius 3 is 2.61 bits per heavy atom. The maximum absolute atomic E-state index is 11.8. The predicted molar refractivity (Wildman–Crippen MR) is 91.7 cm³/mol. The van der Waals surface area contributed by atoms with Gasteiger partial charge in [-0.25, -0.2) is 4.79 Å². The summed E-state index contributed by atoms with van der Waals surface area (Å²) in [6.45, 7) is 9.67. The van der Waals surface area contributed by atoms with Crippen LogP contribution in [0.15, 0.2) is 18.2 Å². The molecule has 5 nitrogen and oxygen atoms in total. The van der Waals surface area contributed by atoms with E-state index in [0.717, 1.165) is 18.5 Å². The number of anilines is 1. The number of carbonyl (C=O) groups excluding carboxylic acids is 1. The highest BCUT2D eigenvalue weighted by Crippen LogP contribution is 2.33. The quantitative estimate of drug-likeness (QED) is 0.795. The molecule has 0 bridgehead atoms. The molecule has 1 amide bonds. The zero-order valence-electron chi connectivity index (χ0n) is 14.7. The number of hydrogen-bond donors (Lipinski definition) is 3. The van der Waals surface area contributed by atoms with Crippen molar-refractivity contribution in [3.05, 3.63) is 29.3 Å². The summed E-state index contributed by atoms with van der Waals surface area (Å²) in [5.74, 6) is 0. The minimum absolute atomic E-state index is 0.256. The average molecular weight is 320 g/mol. The number of carbonyl (C=O) groups is 1. The largest absolute Gasteiger partial charge is 0.444 e. The Balaban J connectivity index is 2.00. The maximum Gasteiger partial charge on any atom is 0.412 e. The van der Waals surface area contributed by atoms with Gasteiger partial charge in [0, 0.05) is 18.3 Å². The molecule has 128 valence electrons. The molecule has 1 aliphatic carbocycles. The fourth-order valence-corrected chi connectivity index (χ4v) is 2.70. The molecule has 3 N–H and O–H groups in total. The summed E-state index contributed by atoms with van der Waals surface area (Å²) >= 11 is 0. The van der Waals surface area contributed by atoms with Crippen molar-refractivity contribution in [1.82, 2.24) is 5.32 Å². The summed E-state index contributed by atoms with van der Waals surface area (Å²) in [4.78, 5) is 11.8. The summed E-state index contributed by atoms with van der Waals surface area (Å²) in [7, 11) is 0. The zero-order valence-corrected chi connectivity index (χ0v) is 14.7. The second kappa shape index (κ2) is 6.49. The Bertz CT molecular complexity index is 571. The number of amides is 1. The highest BCUT2D eigenvalue weighted by Gasteiger charge is 2.25. The summed E-state index contributed by atoms with van der Waals surface area (Å²) in [6, 6.07) is 6.20. The number of fused-ring (bicyclic) bond motifs is 1. The fourth-order valence-electron chi connectivity index (χ4n) is 2.70. The van der Waals surface area contributed by atoms with Gasteiger partial charge >= 0.3 is 6.09 Å². The van der Waals surface area contributed by atoms with Crippen molar-refractivity contribution in [1.29, 1.82) is 0 Å². The van der Waals surface area contributed by atoms with Gasteiger partial charge in [0.15, 0.2) is 0 Å². The van der Waals surface area contributed by atoms with E-state index in [1.54, 1.807) is 13.8 Å². The van der Waals surface area contributed by atoms with E-state index in [0.29, 0.717) is 6.54 Å². The van der Waals surface area contributed by atoms with Crippen LogP contribution >= 0.6 is 0 Å². The van der Waals surface area contributed by atoms with Gasteiger partial charge in [-0.15, -0.1) is 0 Å². The lowest BCUT2D eigenvalue weighted by atomic mass is 10.1. The molecule has 1 aliphatic rings. The molecule has 1 aromatic carbocycles. The molecule has 1 atom stereocenters. The first-order valence-electron chi connectivity index (χ1n) is 8.12. The molecule has 0 aliphatic heterocycles. The van der Waals surface area contributed by atoms with Crippen LogP contribution < -0.4 is 10.6 Å². The second-order valence-corrected chi connectivity index (χ2v) is 7.83. The first-order chi connectivity index (χ1) is 10.5. The van der Waals surface area contributed by atoms with Crippen LogP contribution in [0.5, 0.6) is 0 Å². The van der Waals surface area contributed by atoms with Crippen LogP contribution in [0.3, 0.4) is 0 Å². The first-order valence-corrected chi connectivity index (χ1v) is 8.12. The van der Waals surface area contributed by atoms with Gasteiger partial charge in [0.05, 0.1) is 5.60 Å². The van der Waals surface area contributed by atoms with Crippen LogP contribution in [0.2, 0.25) is 0 Å². The molecule has 0 saturated heterocycles. The van der Waals surface area contributed by atoms with Crippen LogP contribution in [-0.2, 0) is 11.2 Å². The Morgan fingerprint density at radius 1 is 1.30 bits per heavy atom. The van der Waals surface area contributed by atoms with Gasteiger partial charge in [0.25, 0.3) is 0 Å². The number of aryl methyl sites for hydroxylation is 1. The predicted octanol–water partition coefficient (Wildman–Crippen LogP) is 3.38. The summed E-state index contributed by atoms with van der Waals surface area (Å²) in [5.41, 5.74) is 1.99. The lowest BCUT2D eigenvalue weighted by Gasteiger charge is -2.22. The van der Waals surface area contributed by atoms with E-state index in [-0.39, 0.29) is 6.04 Å². The lowest BCUT2D eigenvalue weighted by Crippen LogP contribution is -2.36. The molecule has 23 heavy (non-hydrogen) atoms. The van der Waals surface area contributed by atoms with Gasteiger partial charge in [-0.1, -0.05) is 6.07 Å². The van der Waals surface area contributed by atoms with Gasteiger partial charge < -0.3 is 15.2 Å². The standard InChI is InChI=1S/C18H28N2O3/c1-17(2,3)23-16(21)20-13-7-8-14-12(10-13)6-9-15(14)19-11-18(4,5)22/h7-8,10,15,19,22H,6,9,11H2,1-5H3,(H,20,21). The number of ether oxygens (including phenoxy) is 1. The fraction of sp³-hybridized carbons (Fsp3) is 0.611. The van der Waals surface area contributed by atoms with Crippen molar-refractivity contribution in [2.75, 3.05) is 11.9 Å². The van der Waals surface area contributed by atoms with Gasteiger partial charge in [-0.3, -0.25) is 5.32 Å². The Morgan fingerprint density at radius 2 is 2.00 bits per heavy atom. The van der Waals surface area contributed by atoms with E-state index in [1.165, 1.54) is 11.1 Å². The SMILES string of the molecule is CC(C)(O)CNC1CCc2cc(NC(=O)OC(C)(C)C)ccc21. The smallest absolute Gasteiger partial charge is 0.412 e. The summed E-state index contributed by atoms with van der Waals surface area (Å²) in [6.07, 6.45) is 1.52. The Hall–Kier alpha value is -1.59. The molecule has 0 fully saturated rings. The molecule has 0 saturated carbocycles. The third kappa shape index (κ3) is 5.52. The van der Waals surface area contributed by atoms with Gasteiger partial charge in [-0.05, 0) is 70.7 Å². The third-order valence-electron chi connectivity index (χ3n) is 3.65. The van der Waals surface area contributed by atoms with Crippen molar-refractivity contribution in [3.8, 4) is 0 Å². The monoisotopic (exact) mass is 320 g/mol.